The van der Waals surface area contributed by atoms with Gasteiger partial charge in [-0.2, -0.15) is 5.06 Å². The van der Waals surface area contributed by atoms with E-state index in [0.717, 1.165) is 32.1 Å². The zero-order valence-electron chi connectivity index (χ0n) is 8.43. The minimum Gasteiger partial charge on any atom is -0.314 e. The zero-order chi connectivity index (χ0) is 9.94. The molecule has 1 rings (SSSR count). The predicted molar refractivity (Wildman–Crippen MR) is 56.5 cm³/mol. The minimum absolute atomic E-state index is 0.764. The summed E-state index contributed by atoms with van der Waals surface area (Å²) in [5.74, 6) is 0.827. The summed E-state index contributed by atoms with van der Waals surface area (Å²) in [5.41, 5.74) is 0. The van der Waals surface area contributed by atoms with Gasteiger partial charge in [0.1, 0.15) is 0 Å². The average Bonchev–Trinajstić information content (AvgIpc) is 2.17. The summed E-state index contributed by atoms with van der Waals surface area (Å²) in [5, 5.41) is 13.1. The minimum atomic E-state index is 0.764. The van der Waals surface area contributed by atoms with Gasteiger partial charge in [-0.15, -0.1) is 11.6 Å². The molecule has 0 aromatic rings. The van der Waals surface area contributed by atoms with Gasteiger partial charge in [-0.05, 0) is 6.42 Å². The SMILES string of the molecule is CCCCCCl.ON1CCNCC1. The van der Waals surface area contributed by atoms with Crippen molar-refractivity contribution >= 4 is 11.6 Å². The Hall–Kier alpha value is 0.170. The predicted octanol–water partition coefficient (Wildman–Crippen LogP) is 1.70. The highest BCUT2D eigenvalue weighted by molar-refractivity contribution is 6.17. The molecular weight excluding hydrogens is 188 g/mol. The van der Waals surface area contributed by atoms with Gasteiger partial charge in [0.25, 0.3) is 0 Å². The van der Waals surface area contributed by atoms with Crippen LogP contribution in [0, 0.1) is 0 Å². The molecule has 1 heterocycles. The molecule has 0 saturated carbocycles. The summed E-state index contributed by atoms with van der Waals surface area (Å²) in [6.45, 7) is 5.53. The van der Waals surface area contributed by atoms with Crippen LogP contribution in [0.25, 0.3) is 0 Å². The molecule has 0 aromatic carbocycles. The lowest BCUT2D eigenvalue weighted by Crippen LogP contribution is -2.41. The highest BCUT2D eigenvalue weighted by Crippen LogP contribution is 1.93. The lowest BCUT2D eigenvalue weighted by molar-refractivity contribution is -0.0976. The first kappa shape index (κ1) is 13.2. The quantitative estimate of drug-likeness (QED) is 0.548. The van der Waals surface area contributed by atoms with Crippen LogP contribution in [0.4, 0.5) is 0 Å². The normalized spacial score (nSPS) is 17.8. The second-order valence-electron chi connectivity index (χ2n) is 3.10. The molecule has 0 aliphatic carbocycles. The van der Waals surface area contributed by atoms with Crippen LogP contribution < -0.4 is 5.32 Å². The maximum absolute atomic E-state index is 8.70. The van der Waals surface area contributed by atoms with Crippen molar-refractivity contribution in [3.05, 3.63) is 0 Å². The lowest BCUT2D eigenvalue weighted by Gasteiger charge is -2.19. The largest absolute Gasteiger partial charge is 0.314 e. The van der Waals surface area contributed by atoms with Crippen molar-refractivity contribution in [1.82, 2.24) is 10.4 Å². The van der Waals surface area contributed by atoms with Crippen LogP contribution in [0.2, 0.25) is 0 Å². The van der Waals surface area contributed by atoms with E-state index in [0.29, 0.717) is 0 Å². The maximum atomic E-state index is 8.70. The highest BCUT2D eigenvalue weighted by atomic mass is 35.5. The topological polar surface area (TPSA) is 35.5 Å². The number of hydrogen-bond donors (Lipinski definition) is 2. The number of piperazine rings is 1. The number of halogens is 1. The number of nitrogens with zero attached hydrogens (tertiary/aromatic N) is 1. The molecule has 0 radical (unpaired) electrons. The fourth-order valence-corrected chi connectivity index (χ4v) is 1.19. The summed E-state index contributed by atoms with van der Waals surface area (Å²) in [6, 6.07) is 0. The fourth-order valence-electron chi connectivity index (χ4n) is 0.998. The van der Waals surface area contributed by atoms with E-state index in [1.165, 1.54) is 24.3 Å². The number of hydroxylamine groups is 2. The number of unbranched alkanes of at least 4 members (excludes halogenated alkanes) is 2. The van der Waals surface area contributed by atoms with Crippen molar-refractivity contribution in [2.75, 3.05) is 32.1 Å². The fraction of sp³-hybridized carbons (Fsp3) is 1.00. The monoisotopic (exact) mass is 208 g/mol. The van der Waals surface area contributed by atoms with Gasteiger partial charge in [0.05, 0.1) is 0 Å². The Balaban J connectivity index is 0.000000226. The Morgan fingerprint density at radius 3 is 2.15 bits per heavy atom. The van der Waals surface area contributed by atoms with E-state index in [1.807, 2.05) is 0 Å². The molecule has 1 saturated heterocycles. The second kappa shape index (κ2) is 10.3. The molecule has 80 valence electrons. The van der Waals surface area contributed by atoms with Crippen molar-refractivity contribution < 1.29 is 5.21 Å². The molecule has 0 bridgehead atoms. The standard InChI is InChI=1S/C5H11Cl.C4H10N2O/c1-2-3-4-5-6;7-6-3-1-5-2-4-6/h2-5H2,1H3;5,7H,1-4H2. The molecule has 0 atom stereocenters. The van der Waals surface area contributed by atoms with E-state index in [1.54, 1.807) is 0 Å². The smallest absolute Gasteiger partial charge is 0.0363 e. The molecule has 1 aliphatic heterocycles. The molecular formula is C9H21ClN2O. The van der Waals surface area contributed by atoms with Crippen molar-refractivity contribution in [1.29, 1.82) is 0 Å². The molecule has 2 N–H and O–H groups in total. The van der Waals surface area contributed by atoms with Gasteiger partial charge in [-0.25, -0.2) is 0 Å². The summed E-state index contributed by atoms with van der Waals surface area (Å²) >= 11 is 5.38. The molecule has 3 nitrogen and oxygen atoms in total. The Kier molecular flexibility index (Phi) is 10.4. The highest BCUT2D eigenvalue weighted by Gasteiger charge is 2.03. The Morgan fingerprint density at radius 2 is 1.92 bits per heavy atom. The van der Waals surface area contributed by atoms with Crippen molar-refractivity contribution in [3.63, 3.8) is 0 Å². The second-order valence-corrected chi connectivity index (χ2v) is 3.48. The van der Waals surface area contributed by atoms with Gasteiger partial charge in [-0.3, -0.25) is 0 Å². The zero-order valence-corrected chi connectivity index (χ0v) is 9.19. The van der Waals surface area contributed by atoms with Crippen molar-refractivity contribution in [2.45, 2.75) is 26.2 Å². The number of hydrogen-bond acceptors (Lipinski definition) is 3. The van der Waals surface area contributed by atoms with E-state index >= 15 is 0 Å². The van der Waals surface area contributed by atoms with Gasteiger partial charge in [-0.1, -0.05) is 19.8 Å². The molecule has 1 aliphatic rings. The summed E-state index contributed by atoms with van der Waals surface area (Å²) in [7, 11) is 0. The van der Waals surface area contributed by atoms with Gasteiger partial charge >= 0.3 is 0 Å². The Labute approximate surface area is 86.0 Å². The molecule has 0 spiro atoms. The van der Waals surface area contributed by atoms with E-state index in [4.69, 9.17) is 16.8 Å². The van der Waals surface area contributed by atoms with Crippen molar-refractivity contribution in [2.24, 2.45) is 0 Å². The number of alkyl halides is 1. The van der Waals surface area contributed by atoms with Gasteiger partial charge in [0.2, 0.25) is 0 Å². The van der Waals surface area contributed by atoms with Crippen LogP contribution in [0.5, 0.6) is 0 Å². The van der Waals surface area contributed by atoms with Crippen LogP contribution in [0.3, 0.4) is 0 Å². The van der Waals surface area contributed by atoms with E-state index in [9.17, 15) is 0 Å². The van der Waals surface area contributed by atoms with Gasteiger partial charge in [0.15, 0.2) is 0 Å². The van der Waals surface area contributed by atoms with Crippen LogP contribution in [0.15, 0.2) is 0 Å². The Bertz CT molecular complexity index is 93.6. The maximum Gasteiger partial charge on any atom is 0.0363 e. The third kappa shape index (κ3) is 10.1. The first-order chi connectivity index (χ1) is 6.31. The van der Waals surface area contributed by atoms with Crippen molar-refractivity contribution in [3.8, 4) is 0 Å². The average molecular weight is 209 g/mol. The molecule has 13 heavy (non-hydrogen) atoms. The lowest BCUT2D eigenvalue weighted by atomic mass is 10.3. The van der Waals surface area contributed by atoms with E-state index < -0.39 is 0 Å². The van der Waals surface area contributed by atoms with E-state index in [-0.39, 0.29) is 0 Å². The third-order valence-electron chi connectivity index (χ3n) is 1.83. The molecule has 1 fully saturated rings. The van der Waals surface area contributed by atoms with Gasteiger partial charge in [0, 0.05) is 32.1 Å². The van der Waals surface area contributed by atoms with Crippen LogP contribution in [-0.4, -0.2) is 42.3 Å². The number of nitrogens with one attached hydrogen (secondary N) is 1. The van der Waals surface area contributed by atoms with Crippen LogP contribution >= 0.6 is 11.6 Å². The summed E-state index contributed by atoms with van der Waals surface area (Å²) in [4.78, 5) is 0. The number of rotatable bonds is 3. The molecule has 0 amide bonds. The summed E-state index contributed by atoms with van der Waals surface area (Å²) < 4.78 is 0. The molecule has 0 aromatic heterocycles. The van der Waals surface area contributed by atoms with E-state index in [2.05, 4.69) is 12.2 Å². The van der Waals surface area contributed by atoms with Gasteiger partial charge < -0.3 is 10.5 Å². The third-order valence-corrected chi connectivity index (χ3v) is 2.10. The first-order valence-electron chi connectivity index (χ1n) is 5.01. The Morgan fingerprint density at radius 1 is 1.31 bits per heavy atom. The molecule has 4 heteroatoms. The van der Waals surface area contributed by atoms with Crippen LogP contribution in [0.1, 0.15) is 26.2 Å². The molecule has 0 unspecified atom stereocenters. The summed E-state index contributed by atoms with van der Waals surface area (Å²) in [6.07, 6.45) is 3.73. The van der Waals surface area contributed by atoms with Crippen LogP contribution in [-0.2, 0) is 0 Å². The first-order valence-corrected chi connectivity index (χ1v) is 5.55.